The fourth-order valence-corrected chi connectivity index (χ4v) is 3.91. The highest BCUT2D eigenvalue weighted by molar-refractivity contribution is 6.00. The number of non-ortho nitro benzene ring substituents is 1. The van der Waals surface area contributed by atoms with Crippen LogP contribution in [0.1, 0.15) is 45.5 Å². The first-order valence-electron chi connectivity index (χ1n) is 9.23. The number of nitrogens with zero attached hydrogens (tertiary/aromatic N) is 2. The molecule has 0 atom stereocenters. The van der Waals surface area contributed by atoms with Gasteiger partial charge in [-0.2, -0.15) is 0 Å². The molecule has 4 rings (SSSR count). The van der Waals surface area contributed by atoms with E-state index in [2.05, 4.69) is 0 Å². The molecular formula is C21H20N2O5. The van der Waals surface area contributed by atoms with E-state index in [4.69, 9.17) is 4.74 Å². The van der Waals surface area contributed by atoms with Crippen LogP contribution in [0.3, 0.4) is 0 Å². The molecule has 144 valence electrons. The van der Waals surface area contributed by atoms with Crippen LogP contribution in [0.25, 0.3) is 0 Å². The van der Waals surface area contributed by atoms with Crippen molar-refractivity contribution in [2.75, 3.05) is 13.1 Å². The zero-order valence-corrected chi connectivity index (χ0v) is 15.5. The topological polar surface area (TPSA) is 89.8 Å². The summed E-state index contributed by atoms with van der Waals surface area (Å²) in [4.78, 5) is 37.3. The van der Waals surface area contributed by atoms with Crippen molar-refractivity contribution in [2.45, 2.75) is 31.8 Å². The Balaban J connectivity index is 1.46. The molecular weight excluding hydrogens is 360 g/mol. The zero-order valence-electron chi connectivity index (χ0n) is 15.5. The number of rotatable bonds is 2. The Kier molecular flexibility index (Phi) is 4.37. The lowest BCUT2D eigenvalue weighted by atomic mass is 9.82. The molecule has 0 bridgehead atoms. The monoisotopic (exact) mass is 380 g/mol. The van der Waals surface area contributed by atoms with Crippen LogP contribution in [0, 0.1) is 17.0 Å². The minimum absolute atomic E-state index is 0.0443. The average molecular weight is 380 g/mol. The van der Waals surface area contributed by atoms with Crippen molar-refractivity contribution < 1.29 is 19.2 Å². The van der Waals surface area contributed by atoms with Crippen LogP contribution < -0.4 is 4.74 Å². The predicted molar refractivity (Wildman–Crippen MR) is 102 cm³/mol. The van der Waals surface area contributed by atoms with E-state index in [0.29, 0.717) is 49.2 Å². The van der Waals surface area contributed by atoms with Gasteiger partial charge in [0.05, 0.1) is 16.9 Å². The number of Topliss-reactive ketones (excluding diaryl/α,β-unsaturated/α-hetero) is 1. The molecule has 2 aromatic rings. The zero-order chi connectivity index (χ0) is 19.9. The first-order chi connectivity index (χ1) is 13.4. The molecule has 0 unspecified atom stereocenters. The summed E-state index contributed by atoms with van der Waals surface area (Å²) in [5.74, 6) is 0.542. The van der Waals surface area contributed by atoms with Gasteiger partial charge in [-0.1, -0.05) is 11.6 Å². The number of hydrogen-bond donors (Lipinski definition) is 0. The van der Waals surface area contributed by atoms with Gasteiger partial charge in [-0.15, -0.1) is 0 Å². The molecule has 0 saturated carbocycles. The van der Waals surface area contributed by atoms with Crippen LogP contribution in [0.15, 0.2) is 42.5 Å². The Morgan fingerprint density at radius 2 is 1.82 bits per heavy atom. The first-order valence-corrected chi connectivity index (χ1v) is 9.23. The second-order valence-electron chi connectivity index (χ2n) is 7.48. The number of fused-ring (bicyclic) bond motifs is 1. The Morgan fingerprint density at radius 1 is 1.14 bits per heavy atom. The second-order valence-corrected chi connectivity index (χ2v) is 7.48. The van der Waals surface area contributed by atoms with E-state index in [0.717, 1.165) is 5.56 Å². The number of ether oxygens (including phenoxy) is 1. The number of nitro groups is 1. The van der Waals surface area contributed by atoms with Crippen molar-refractivity contribution in [1.29, 1.82) is 0 Å². The van der Waals surface area contributed by atoms with Crippen LogP contribution in [0.5, 0.6) is 5.75 Å². The van der Waals surface area contributed by atoms with Gasteiger partial charge < -0.3 is 9.64 Å². The molecule has 0 N–H and O–H groups in total. The lowest BCUT2D eigenvalue weighted by molar-refractivity contribution is -0.384. The average Bonchev–Trinajstić information content (AvgIpc) is 2.69. The van der Waals surface area contributed by atoms with Gasteiger partial charge in [0.25, 0.3) is 11.6 Å². The standard InChI is InChI=1S/C21H20N2O5/c1-14-2-7-19-17(12-14)18(24)13-21(28-19)8-10-22(11-9-21)20(25)15-3-5-16(6-4-15)23(26)27/h2-7,12H,8-11,13H2,1H3. The van der Waals surface area contributed by atoms with Crippen molar-refractivity contribution in [3.05, 3.63) is 69.3 Å². The molecule has 1 spiro atoms. The van der Waals surface area contributed by atoms with Crippen molar-refractivity contribution in [3.63, 3.8) is 0 Å². The van der Waals surface area contributed by atoms with E-state index in [1.54, 1.807) is 4.90 Å². The van der Waals surface area contributed by atoms with Gasteiger partial charge >= 0.3 is 0 Å². The minimum atomic E-state index is -0.564. The summed E-state index contributed by atoms with van der Waals surface area (Å²) < 4.78 is 6.23. The van der Waals surface area contributed by atoms with Gasteiger partial charge in [-0.05, 0) is 31.2 Å². The first kappa shape index (κ1) is 18.2. The molecule has 0 radical (unpaired) electrons. The van der Waals surface area contributed by atoms with Gasteiger partial charge in [0.2, 0.25) is 0 Å². The molecule has 1 fully saturated rings. The van der Waals surface area contributed by atoms with Crippen LogP contribution in [-0.2, 0) is 0 Å². The molecule has 2 aliphatic heterocycles. The molecule has 7 heteroatoms. The van der Waals surface area contributed by atoms with Crippen molar-refractivity contribution in [2.24, 2.45) is 0 Å². The van der Waals surface area contributed by atoms with Gasteiger partial charge in [-0.25, -0.2) is 0 Å². The van der Waals surface area contributed by atoms with Gasteiger partial charge in [-0.3, -0.25) is 19.7 Å². The number of carbonyl (C=O) groups excluding carboxylic acids is 2. The minimum Gasteiger partial charge on any atom is -0.486 e. The number of hydrogen-bond acceptors (Lipinski definition) is 5. The maximum absolute atomic E-state index is 12.7. The SMILES string of the molecule is Cc1ccc2c(c1)C(=O)CC1(CCN(C(=O)c3ccc([N+](=O)[O-])cc3)CC1)O2. The third-order valence-corrected chi connectivity index (χ3v) is 5.53. The highest BCUT2D eigenvalue weighted by atomic mass is 16.6. The Morgan fingerprint density at radius 3 is 2.46 bits per heavy atom. The molecule has 2 heterocycles. The van der Waals surface area contributed by atoms with E-state index in [9.17, 15) is 19.7 Å². The highest BCUT2D eigenvalue weighted by Crippen LogP contribution is 2.39. The molecule has 1 amide bonds. The summed E-state index contributed by atoms with van der Waals surface area (Å²) in [5, 5.41) is 10.8. The fraction of sp³-hybridized carbons (Fsp3) is 0.333. The van der Waals surface area contributed by atoms with E-state index in [-0.39, 0.29) is 17.4 Å². The number of likely N-dealkylation sites (tertiary alicyclic amines) is 1. The Hall–Kier alpha value is -3.22. The summed E-state index contributed by atoms with van der Waals surface area (Å²) in [6.07, 6.45) is 1.47. The van der Waals surface area contributed by atoms with Gasteiger partial charge in [0.1, 0.15) is 11.4 Å². The van der Waals surface area contributed by atoms with Crippen LogP contribution in [0.4, 0.5) is 5.69 Å². The molecule has 0 aromatic heterocycles. The third kappa shape index (κ3) is 3.24. The number of nitro benzene ring substituents is 1. The summed E-state index contributed by atoms with van der Waals surface area (Å²) in [6, 6.07) is 11.3. The third-order valence-electron chi connectivity index (χ3n) is 5.53. The maximum atomic E-state index is 12.7. The molecule has 7 nitrogen and oxygen atoms in total. The molecule has 2 aliphatic rings. The van der Waals surface area contributed by atoms with Gasteiger partial charge in [0, 0.05) is 43.6 Å². The predicted octanol–water partition coefficient (Wildman–Crippen LogP) is 3.54. The van der Waals surface area contributed by atoms with E-state index < -0.39 is 10.5 Å². The summed E-state index contributed by atoms with van der Waals surface area (Å²) in [6.45, 7) is 2.90. The molecule has 0 aliphatic carbocycles. The highest BCUT2D eigenvalue weighted by Gasteiger charge is 2.43. The number of aryl methyl sites for hydroxylation is 1. The van der Waals surface area contributed by atoms with Crippen LogP contribution in [-0.4, -0.2) is 40.2 Å². The van der Waals surface area contributed by atoms with Crippen LogP contribution >= 0.6 is 0 Å². The largest absolute Gasteiger partial charge is 0.486 e. The van der Waals surface area contributed by atoms with E-state index >= 15 is 0 Å². The lowest BCUT2D eigenvalue weighted by Gasteiger charge is -2.44. The fourth-order valence-electron chi connectivity index (χ4n) is 3.91. The Bertz CT molecular complexity index is 959. The maximum Gasteiger partial charge on any atom is 0.269 e. The number of carbonyl (C=O) groups is 2. The van der Waals surface area contributed by atoms with E-state index in [1.807, 2.05) is 25.1 Å². The van der Waals surface area contributed by atoms with Gasteiger partial charge in [0.15, 0.2) is 5.78 Å². The van der Waals surface area contributed by atoms with Crippen molar-refractivity contribution >= 4 is 17.4 Å². The van der Waals surface area contributed by atoms with Crippen molar-refractivity contribution in [3.8, 4) is 5.75 Å². The second kappa shape index (κ2) is 6.74. The number of amides is 1. The van der Waals surface area contributed by atoms with Crippen molar-refractivity contribution in [1.82, 2.24) is 4.90 Å². The number of benzene rings is 2. The lowest BCUT2D eigenvalue weighted by Crippen LogP contribution is -2.52. The number of piperidine rings is 1. The van der Waals surface area contributed by atoms with E-state index in [1.165, 1.54) is 24.3 Å². The normalized spacial score (nSPS) is 17.8. The smallest absolute Gasteiger partial charge is 0.269 e. The Labute approximate surface area is 162 Å². The molecule has 1 saturated heterocycles. The molecule has 28 heavy (non-hydrogen) atoms. The quantitative estimate of drug-likeness (QED) is 0.587. The summed E-state index contributed by atoms with van der Waals surface area (Å²) in [5.41, 5.74) is 1.47. The van der Waals surface area contributed by atoms with Crippen LogP contribution in [0.2, 0.25) is 0 Å². The summed E-state index contributed by atoms with van der Waals surface area (Å²) >= 11 is 0. The molecule has 2 aromatic carbocycles. The number of ketones is 1. The summed E-state index contributed by atoms with van der Waals surface area (Å²) in [7, 11) is 0.